The Labute approximate surface area is 105 Å². The van der Waals surface area contributed by atoms with E-state index in [1.165, 1.54) is 19.2 Å². The van der Waals surface area contributed by atoms with Crippen molar-refractivity contribution >= 4 is 5.97 Å². The van der Waals surface area contributed by atoms with Crippen LogP contribution in [0.5, 0.6) is 11.5 Å². The molecule has 1 aromatic rings. The van der Waals surface area contributed by atoms with Gasteiger partial charge in [0.15, 0.2) is 11.5 Å². The first-order valence-electron chi connectivity index (χ1n) is 5.88. The maximum Gasteiger partial charge on any atom is 0.335 e. The van der Waals surface area contributed by atoms with Crippen LogP contribution in [0.15, 0.2) is 18.2 Å². The summed E-state index contributed by atoms with van der Waals surface area (Å²) in [6.07, 6.45) is 1.76. The second kappa shape index (κ2) is 5.27. The lowest BCUT2D eigenvalue weighted by Crippen LogP contribution is -2.25. The van der Waals surface area contributed by atoms with Crippen LogP contribution in [0.25, 0.3) is 0 Å². The Morgan fingerprint density at radius 3 is 2.67 bits per heavy atom. The van der Waals surface area contributed by atoms with Crippen molar-refractivity contribution in [3.8, 4) is 11.5 Å². The minimum atomic E-state index is -1.01. The number of carboxylic acids is 1. The van der Waals surface area contributed by atoms with Crippen molar-refractivity contribution in [2.24, 2.45) is 0 Å². The first-order chi connectivity index (χ1) is 8.61. The number of aromatic carboxylic acids is 1. The highest BCUT2D eigenvalue weighted by molar-refractivity contribution is 5.88. The van der Waals surface area contributed by atoms with Crippen molar-refractivity contribution in [2.45, 2.75) is 31.5 Å². The minimum Gasteiger partial charge on any atom is -0.493 e. The molecule has 5 nitrogen and oxygen atoms in total. The van der Waals surface area contributed by atoms with Crippen LogP contribution in [-0.4, -0.2) is 35.5 Å². The average molecular weight is 252 g/mol. The highest BCUT2D eigenvalue weighted by atomic mass is 16.5. The highest BCUT2D eigenvalue weighted by Crippen LogP contribution is 2.32. The van der Waals surface area contributed by atoms with E-state index in [0.717, 1.165) is 19.3 Å². The van der Waals surface area contributed by atoms with E-state index < -0.39 is 12.1 Å². The van der Waals surface area contributed by atoms with Gasteiger partial charge in [0.2, 0.25) is 0 Å². The molecule has 0 heterocycles. The van der Waals surface area contributed by atoms with Crippen LogP contribution in [0.4, 0.5) is 0 Å². The second-order valence-corrected chi connectivity index (χ2v) is 4.33. The molecule has 2 N–H and O–H groups in total. The van der Waals surface area contributed by atoms with E-state index in [9.17, 15) is 9.90 Å². The summed E-state index contributed by atoms with van der Waals surface area (Å²) in [5, 5.41) is 18.6. The lowest BCUT2D eigenvalue weighted by Gasteiger charge is -2.19. The Kier molecular flexibility index (Phi) is 3.72. The van der Waals surface area contributed by atoms with Crippen molar-refractivity contribution in [1.29, 1.82) is 0 Å². The lowest BCUT2D eigenvalue weighted by atomic mass is 10.2. The number of carboxylic acid groups (broad SMARTS) is 1. The molecule has 98 valence electrons. The zero-order valence-corrected chi connectivity index (χ0v) is 10.1. The number of carbonyl (C=O) groups is 1. The summed E-state index contributed by atoms with van der Waals surface area (Å²) >= 11 is 0. The molecule has 0 radical (unpaired) electrons. The van der Waals surface area contributed by atoms with E-state index in [1.54, 1.807) is 6.07 Å². The Bertz CT molecular complexity index is 443. The maximum atomic E-state index is 10.8. The Hall–Kier alpha value is -1.75. The Morgan fingerprint density at radius 2 is 2.11 bits per heavy atom. The van der Waals surface area contributed by atoms with Crippen molar-refractivity contribution in [3.63, 3.8) is 0 Å². The van der Waals surface area contributed by atoms with Crippen LogP contribution in [0.3, 0.4) is 0 Å². The second-order valence-electron chi connectivity index (χ2n) is 4.33. The molecule has 0 bridgehead atoms. The summed E-state index contributed by atoms with van der Waals surface area (Å²) in [6, 6.07) is 4.44. The van der Waals surface area contributed by atoms with E-state index in [4.69, 9.17) is 14.6 Å². The predicted octanol–water partition coefficient (Wildman–Crippen LogP) is 1.69. The fourth-order valence-corrected chi connectivity index (χ4v) is 2.10. The predicted molar refractivity (Wildman–Crippen MR) is 64.2 cm³/mol. The van der Waals surface area contributed by atoms with Gasteiger partial charge in [0.25, 0.3) is 0 Å². The van der Waals surface area contributed by atoms with E-state index in [0.29, 0.717) is 11.5 Å². The van der Waals surface area contributed by atoms with Crippen LogP contribution in [0, 0.1) is 0 Å². The maximum absolute atomic E-state index is 10.8. The topological polar surface area (TPSA) is 76.0 Å². The third-order valence-electron chi connectivity index (χ3n) is 3.11. The fraction of sp³-hybridized carbons (Fsp3) is 0.462. The molecule has 1 saturated carbocycles. The van der Waals surface area contributed by atoms with Crippen LogP contribution in [0.2, 0.25) is 0 Å². The van der Waals surface area contributed by atoms with Crippen molar-refractivity contribution in [1.82, 2.24) is 0 Å². The molecule has 0 spiro atoms. The van der Waals surface area contributed by atoms with Crippen LogP contribution in [0.1, 0.15) is 29.6 Å². The largest absolute Gasteiger partial charge is 0.493 e. The normalized spacial score (nSPS) is 22.8. The van der Waals surface area contributed by atoms with E-state index >= 15 is 0 Å². The van der Waals surface area contributed by atoms with Gasteiger partial charge in [-0.15, -0.1) is 0 Å². The molecule has 0 amide bonds. The molecular formula is C13H16O5. The number of benzene rings is 1. The van der Waals surface area contributed by atoms with Gasteiger partial charge in [-0.2, -0.15) is 0 Å². The number of rotatable bonds is 4. The van der Waals surface area contributed by atoms with E-state index in [-0.39, 0.29) is 11.7 Å². The van der Waals surface area contributed by atoms with Gasteiger partial charge in [0.1, 0.15) is 6.10 Å². The van der Waals surface area contributed by atoms with Crippen LogP contribution in [-0.2, 0) is 0 Å². The zero-order chi connectivity index (χ0) is 13.1. The zero-order valence-electron chi connectivity index (χ0n) is 10.1. The molecule has 0 aromatic heterocycles. The molecule has 1 aromatic carbocycles. The van der Waals surface area contributed by atoms with Crippen molar-refractivity contribution in [3.05, 3.63) is 23.8 Å². The number of hydrogen-bond acceptors (Lipinski definition) is 4. The average Bonchev–Trinajstić information content (AvgIpc) is 2.75. The van der Waals surface area contributed by atoms with Gasteiger partial charge >= 0.3 is 5.97 Å². The Balaban J connectivity index is 2.19. The van der Waals surface area contributed by atoms with Crippen LogP contribution < -0.4 is 9.47 Å². The van der Waals surface area contributed by atoms with Crippen molar-refractivity contribution in [2.75, 3.05) is 7.11 Å². The molecule has 0 saturated heterocycles. The smallest absolute Gasteiger partial charge is 0.335 e. The summed E-state index contributed by atoms with van der Waals surface area (Å²) in [6.45, 7) is 0. The number of aliphatic hydroxyl groups is 1. The third kappa shape index (κ3) is 2.56. The summed E-state index contributed by atoms with van der Waals surface area (Å²) in [5.74, 6) is -0.178. The van der Waals surface area contributed by atoms with Gasteiger partial charge in [0.05, 0.1) is 18.8 Å². The standard InChI is InChI=1S/C13H16O5/c1-17-12-7-8(13(15)16)5-6-11(12)18-10-4-2-3-9(10)14/h5-7,9-10,14H,2-4H2,1H3,(H,15,16)/t9-,10-/m1/s1. The van der Waals surface area contributed by atoms with Crippen LogP contribution >= 0.6 is 0 Å². The molecule has 0 unspecified atom stereocenters. The molecule has 18 heavy (non-hydrogen) atoms. The number of methoxy groups -OCH3 is 1. The molecule has 5 heteroatoms. The first kappa shape index (κ1) is 12.7. The van der Waals surface area contributed by atoms with Gasteiger partial charge < -0.3 is 19.7 Å². The quantitative estimate of drug-likeness (QED) is 0.852. The molecule has 1 fully saturated rings. The number of aliphatic hydroxyl groups excluding tert-OH is 1. The lowest BCUT2D eigenvalue weighted by molar-refractivity contribution is 0.0584. The molecule has 0 aliphatic heterocycles. The van der Waals surface area contributed by atoms with Gasteiger partial charge in [0, 0.05) is 0 Å². The number of ether oxygens (including phenoxy) is 2. The van der Waals surface area contributed by atoms with Crippen molar-refractivity contribution < 1.29 is 24.5 Å². The first-order valence-corrected chi connectivity index (χ1v) is 5.88. The number of hydrogen-bond donors (Lipinski definition) is 2. The molecule has 1 aliphatic rings. The molecule has 1 aliphatic carbocycles. The van der Waals surface area contributed by atoms with E-state index in [1.807, 2.05) is 0 Å². The summed E-state index contributed by atoms with van der Waals surface area (Å²) in [7, 11) is 1.46. The Morgan fingerprint density at radius 1 is 1.33 bits per heavy atom. The molecule has 2 rings (SSSR count). The highest BCUT2D eigenvalue weighted by Gasteiger charge is 2.27. The van der Waals surface area contributed by atoms with Gasteiger partial charge in [-0.25, -0.2) is 4.79 Å². The summed E-state index contributed by atoms with van der Waals surface area (Å²) in [5.41, 5.74) is 0.145. The molecule has 2 atom stereocenters. The van der Waals surface area contributed by atoms with E-state index in [2.05, 4.69) is 0 Å². The monoisotopic (exact) mass is 252 g/mol. The fourth-order valence-electron chi connectivity index (χ4n) is 2.10. The summed E-state index contributed by atoms with van der Waals surface area (Å²) < 4.78 is 10.8. The van der Waals surface area contributed by atoms with Gasteiger partial charge in [-0.3, -0.25) is 0 Å². The minimum absolute atomic E-state index is 0.145. The summed E-state index contributed by atoms with van der Waals surface area (Å²) in [4.78, 5) is 10.8. The SMILES string of the molecule is COc1cc(C(=O)O)ccc1O[C@@H]1CCC[C@H]1O. The van der Waals surface area contributed by atoms with Gasteiger partial charge in [-0.05, 0) is 37.5 Å². The van der Waals surface area contributed by atoms with Gasteiger partial charge in [-0.1, -0.05) is 0 Å². The molecular weight excluding hydrogens is 236 g/mol. The third-order valence-corrected chi connectivity index (χ3v) is 3.11.